The molecule has 0 heterocycles. The molecular formula is C22H20O9. The van der Waals surface area contributed by atoms with E-state index in [4.69, 9.17) is 0 Å². The standard InChI is InChI=1S/C22H20O9/c23-15-5-11(6-16(24)21(15)30)3-13-1-10(9-19(27)28)2-14(20(13)29)4-12-7-17(25)22(31)18(26)8-12/h3-8,10,23-26,30-31H,1-2,9H2,(H,27,28)/b13-3+,14-4+. The summed E-state index contributed by atoms with van der Waals surface area (Å²) in [6.45, 7) is 0. The molecule has 0 unspecified atom stereocenters. The highest BCUT2D eigenvalue weighted by Crippen LogP contribution is 2.40. The molecule has 162 valence electrons. The Kier molecular flexibility index (Phi) is 5.78. The molecule has 1 aliphatic rings. The van der Waals surface area contributed by atoms with Gasteiger partial charge in [-0.05, 0) is 66.3 Å². The molecule has 0 radical (unpaired) electrons. The number of rotatable bonds is 4. The summed E-state index contributed by atoms with van der Waals surface area (Å²) in [4.78, 5) is 24.2. The number of phenols is 6. The highest BCUT2D eigenvalue weighted by molar-refractivity contribution is 6.14. The third-order valence-electron chi connectivity index (χ3n) is 4.93. The molecule has 9 heteroatoms. The Morgan fingerprint density at radius 2 is 1.13 bits per heavy atom. The van der Waals surface area contributed by atoms with Gasteiger partial charge in [-0.15, -0.1) is 0 Å². The summed E-state index contributed by atoms with van der Waals surface area (Å²) in [5.41, 5.74) is 0.902. The van der Waals surface area contributed by atoms with Crippen molar-refractivity contribution >= 4 is 23.9 Å². The zero-order valence-corrected chi connectivity index (χ0v) is 16.1. The summed E-state index contributed by atoms with van der Waals surface area (Å²) in [5, 5.41) is 66.9. The van der Waals surface area contributed by atoms with Crippen molar-refractivity contribution in [2.24, 2.45) is 5.92 Å². The quantitative estimate of drug-likeness (QED) is 0.285. The molecule has 0 aliphatic heterocycles. The van der Waals surface area contributed by atoms with E-state index in [0.717, 1.165) is 24.3 Å². The number of carboxylic acids is 1. The molecule has 1 saturated carbocycles. The van der Waals surface area contributed by atoms with Crippen LogP contribution in [0.4, 0.5) is 0 Å². The van der Waals surface area contributed by atoms with Crippen LogP contribution in [-0.2, 0) is 9.59 Å². The number of allylic oxidation sites excluding steroid dienone is 2. The van der Waals surface area contributed by atoms with Crippen LogP contribution in [0.3, 0.4) is 0 Å². The van der Waals surface area contributed by atoms with E-state index in [2.05, 4.69) is 0 Å². The first kappa shape index (κ1) is 21.6. The topological polar surface area (TPSA) is 176 Å². The number of hydrogen-bond donors (Lipinski definition) is 7. The summed E-state index contributed by atoms with van der Waals surface area (Å²) < 4.78 is 0. The number of carbonyl (C=O) groups is 2. The minimum atomic E-state index is -1.04. The van der Waals surface area contributed by atoms with Gasteiger partial charge in [-0.2, -0.15) is 0 Å². The SMILES string of the molecule is O=C(O)CC1C/C(=C\c2cc(O)c(O)c(O)c2)C(=O)/C(=C/c2cc(O)c(O)c(O)c2)C1. The second kappa shape index (κ2) is 8.31. The zero-order chi connectivity index (χ0) is 22.9. The fourth-order valence-corrected chi connectivity index (χ4v) is 3.55. The van der Waals surface area contributed by atoms with Crippen molar-refractivity contribution in [2.45, 2.75) is 19.3 Å². The zero-order valence-electron chi connectivity index (χ0n) is 16.1. The average Bonchev–Trinajstić information content (AvgIpc) is 2.67. The summed E-state index contributed by atoms with van der Waals surface area (Å²) in [7, 11) is 0. The molecule has 0 atom stereocenters. The predicted octanol–water partition coefficient (Wildman–Crippen LogP) is 2.84. The van der Waals surface area contributed by atoms with Crippen LogP contribution in [0.15, 0.2) is 35.4 Å². The lowest BCUT2D eigenvalue weighted by atomic mass is 9.78. The summed E-state index contributed by atoms with van der Waals surface area (Å²) in [6.07, 6.45) is 2.83. The van der Waals surface area contributed by atoms with Gasteiger partial charge in [0.2, 0.25) is 0 Å². The number of Topliss-reactive ketones (excluding diaryl/α,β-unsaturated/α-hetero) is 1. The smallest absolute Gasteiger partial charge is 0.303 e. The first-order chi connectivity index (χ1) is 14.5. The van der Waals surface area contributed by atoms with E-state index in [9.17, 15) is 45.3 Å². The molecule has 1 fully saturated rings. The molecule has 0 aromatic heterocycles. The molecule has 3 rings (SSSR count). The molecule has 9 nitrogen and oxygen atoms in total. The third kappa shape index (κ3) is 4.72. The lowest BCUT2D eigenvalue weighted by molar-refractivity contribution is -0.138. The third-order valence-corrected chi connectivity index (χ3v) is 4.93. The number of hydrogen-bond acceptors (Lipinski definition) is 8. The molecule has 0 saturated heterocycles. The highest BCUT2D eigenvalue weighted by Gasteiger charge is 2.29. The van der Waals surface area contributed by atoms with Crippen molar-refractivity contribution in [3.63, 3.8) is 0 Å². The van der Waals surface area contributed by atoms with Gasteiger partial charge < -0.3 is 35.7 Å². The molecule has 31 heavy (non-hydrogen) atoms. The number of carbonyl (C=O) groups excluding carboxylic acids is 1. The van der Waals surface area contributed by atoms with Crippen molar-refractivity contribution in [3.8, 4) is 34.5 Å². The highest BCUT2D eigenvalue weighted by atomic mass is 16.4. The average molecular weight is 428 g/mol. The van der Waals surface area contributed by atoms with Crippen LogP contribution in [0.2, 0.25) is 0 Å². The fraction of sp³-hybridized carbons (Fsp3) is 0.182. The number of benzene rings is 2. The lowest BCUT2D eigenvalue weighted by Gasteiger charge is -2.24. The number of carboxylic acid groups (broad SMARTS) is 1. The van der Waals surface area contributed by atoms with Gasteiger partial charge in [0.1, 0.15) is 0 Å². The summed E-state index contributed by atoms with van der Waals surface area (Å²) in [6, 6.07) is 4.59. The maximum Gasteiger partial charge on any atom is 0.303 e. The Morgan fingerprint density at radius 3 is 1.45 bits per heavy atom. The Balaban J connectivity index is 2.04. The molecule has 1 aliphatic carbocycles. The number of ketones is 1. The normalized spacial score (nSPS) is 19.1. The summed E-state index contributed by atoms with van der Waals surface area (Å²) in [5.74, 6) is -5.61. The minimum Gasteiger partial charge on any atom is -0.504 e. The van der Waals surface area contributed by atoms with Crippen LogP contribution in [-0.4, -0.2) is 47.5 Å². The van der Waals surface area contributed by atoms with E-state index in [1.165, 1.54) is 12.2 Å². The number of aliphatic carboxylic acids is 1. The molecule has 7 N–H and O–H groups in total. The van der Waals surface area contributed by atoms with Gasteiger partial charge in [-0.25, -0.2) is 0 Å². The fourth-order valence-electron chi connectivity index (χ4n) is 3.55. The molecule has 2 aromatic rings. The van der Waals surface area contributed by atoms with E-state index >= 15 is 0 Å². The summed E-state index contributed by atoms with van der Waals surface area (Å²) >= 11 is 0. The maximum atomic E-state index is 13.0. The molecule has 0 amide bonds. The van der Waals surface area contributed by atoms with Crippen LogP contribution in [0.5, 0.6) is 34.5 Å². The monoisotopic (exact) mass is 428 g/mol. The first-order valence-electron chi connectivity index (χ1n) is 9.22. The molecule has 2 aromatic carbocycles. The predicted molar refractivity (Wildman–Crippen MR) is 109 cm³/mol. The lowest BCUT2D eigenvalue weighted by Crippen LogP contribution is -2.22. The molecule has 0 bridgehead atoms. The van der Waals surface area contributed by atoms with Crippen LogP contribution in [0.25, 0.3) is 12.2 Å². The van der Waals surface area contributed by atoms with Crippen LogP contribution >= 0.6 is 0 Å². The van der Waals surface area contributed by atoms with E-state index in [0.29, 0.717) is 0 Å². The molecule has 0 spiro atoms. The number of phenolic OH excluding ortho intramolecular Hbond substituents is 6. The van der Waals surface area contributed by atoms with E-state index in [1.807, 2.05) is 0 Å². The number of aromatic hydroxyl groups is 6. The van der Waals surface area contributed by atoms with Crippen molar-refractivity contribution in [3.05, 3.63) is 46.5 Å². The van der Waals surface area contributed by atoms with Crippen molar-refractivity contribution < 1.29 is 45.3 Å². The van der Waals surface area contributed by atoms with Crippen LogP contribution in [0.1, 0.15) is 30.4 Å². The Bertz CT molecular complexity index is 1000. The van der Waals surface area contributed by atoms with Gasteiger partial charge in [0, 0.05) is 17.6 Å². The largest absolute Gasteiger partial charge is 0.504 e. The van der Waals surface area contributed by atoms with Gasteiger partial charge >= 0.3 is 5.97 Å². The first-order valence-corrected chi connectivity index (χ1v) is 9.22. The molecular weight excluding hydrogens is 408 g/mol. The second-order valence-corrected chi connectivity index (χ2v) is 7.36. The van der Waals surface area contributed by atoms with E-state index < -0.39 is 52.2 Å². The Hall–Kier alpha value is -4.14. The Labute approximate surface area is 176 Å². The minimum absolute atomic E-state index is 0.136. The van der Waals surface area contributed by atoms with Crippen molar-refractivity contribution in [2.75, 3.05) is 0 Å². The van der Waals surface area contributed by atoms with Crippen molar-refractivity contribution in [1.82, 2.24) is 0 Å². The maximum absolute atomic E-state index is 13.0. The van der Waals surface area contributed by atoms with Gasteiger partial charge in [0.05, 0.1) is 0 Å². The Morgan fingerprint density at radius 1 is 0.774 bits per heavy atom. The second-order valence-electron chi connectivity index (χ2n) is 7.36. The van der Waals surface area contributed by atoms with Gasteiger partial charge in [0.15, 0.2) is 40.3 Å². The van der Waals surface area contributed by atoms with Crippen molar-refractivity contribution in [1.29, 1.82) is 0 Å². The van der Waals surface area contributed by atoms with Crippen LogP contribution < -0.4 is 0 Å². The van der Waals surface area contributed by atoms with Gasteiger partial charge in [0.25, 0.3) is 0 Å². The van der Waals surface area contributed by atoms with E-state index in [1.54, 1.807) is 0 Å². The van der Waals surface area contributed by atoms with Gasteiger partial charge in [-0.3, -0.25) is 9.59 Å². The van der Waals surface area contributed by atoms with Crippen LogP contribution in [0, 0.1) is 5.92 Å². The van der Waals surface area contributed by atoms with E-state index in [-0.39, 0.29) is 41.5 Å². The van der Waals surface area contributed by atoms with Gasteiger partial charge in [-0.1, -0.05) is 0 Å².